The van der Waals surface area contributed by atoms with Gasteiger partial charge in [0.2, 0.25) is 0 Å². The van der Waals surface area contributed by atoms with E-state index in [1.54, 1.807) is 17.5 Å². The van der Waals surface area contributed by atoms with Crippen molar-refractivity contribution in [3.05, 3.63) is 58.1 Å². The summed E-state index contributed by atoms with van der Waals surface area (Å²) in [4.78, 5) is 10.3. The zero-order chi connectivity index (χ0) is 17.2. The molecule has 2 aromatic heterocycles. The fraction of sp³-hybridized carbons (Fsp3) is 0.263. The van der Waals surface area contributed by atoms with Gasteiger partial charge in [-0.15, -0.1) is 11.3 Å². The lowest BCUT2D eigenvalue weighted by Crippen LogP contribution is -2.46. The van der Waals surface area contributed by atoms with Gasteiger partial charge >= 0.3 is 0 Å². The quantitative estimate of drug-likeness (QED) is 0.696. The third-order valence-corrected chi connectivity index (χ3v) is 6.24. The van der Waals surface area contributed by atoms with Crippen molar-refractivity contribution in [2.75, 3.05) is 31.1 Å². The topological polar surface area (TPSA) is 43.2 Å². The molecule has 0 saturated carbocycles. The van der Waals surface area contributed by atoms with Gasteiger partial charge in [0.1, 0.15) is 11.9 Å². The number of rotatable bonds is 3. The van der Waals surface area contributed by atoms with Crippen LogP contribution < -0.4 is 4.90 Å². The fourth-order valence-electron chi connectivity index (χ4n) is 3.14. The van der Waals surface area contributed by atoms with E-state index in [4.69, 9.17) is 16.9 Å². The number of nitriles is 1. The number of piperazine rings is 1. The first-order valence-corrected chi connectivity index (χ1v) is 9.43. The Balaban J connectivity index is 1.41. The number of benzene rings is 1. The van der Waals surface area contributed by atoms with Gasteiger partial charge in [0.05, 0.1) is 10.6 Å². The Kier molecular flexibility index (Phi) is 4.58. The SMILES string of the molecule is N#Cc1ccc(N2CCN(Cc3sc4ccccc4c3Cl)CC2)nc1. The predicted octanol–water partition coefficient (Wildman–Crippen LogP) is 4.14. The average molecular weight is 369 g/mol. The summed E-state index contributed by atoms with van der Waals surface area (Å²) in [5.41, 5.74) is 0.599. The number of nitrogens with zero attached hydrogens (tertiary/aromatic N) is 4. The number of hydrogen-bond donors (Lipinski definition) is 0. The highest BCUT2D eigenvalue weighted by Gasteiger charge is 2.20. The molecule has 3 heterocycles. The molecule has 0 aliphatic carbocycles. The van der Waals surface area contributed by atoms with E-state index >= 15 is 0 Å². The number of hydrogen-bond acceptors (Lipinski definition) is 5. The smallest absolute Gasteiger partial charge is 0.128 e. The van der Waals surface area contributed by atoms with Crippen LogP contribution in [-0.2, 0) is 6.54 Å². The number of anilines is 1. The normalized spacial score (nSPS) is 15.4. The van der Waals surface area contributed by atoms with Gasteiger partial charge in [-0.1, -0.05) is 29.8 Å². The second-order valence-corrected chi connectivity index (χ2v) is 7.63. The van der Waals surface area contributed by atoms with Crippen LogP contribution >= 0.6 is 22.9 Å². The maximum Gasteiger partial charge on any atom is 0.128 e. The van der Waals surface area contributed by atoms with E-state index in [0.717, 1.165) is 49.0 Å². The summed E-state index contributed by atoms with van der Waals surface area (Å²) >= 11 is 8.36. The van der Waals surface area contributed by atoms with Crippen molar-refractivity contribution in [2.24, 2.45) is 0 Å². The Bertz CT molecular complexity index is 921. The zero-order valence-electron chi connectivity index (χ0n) is 13.7. The van der Waals surface area contributed by atoms with E-state index in [-0.39, 0.29) is 0 Å². The van der Waals surface area contributed by atoms with Gasteiger partial charge in [-0.3, -0.25) is 4.90 Å². The van der Waals surface area contributed by atoms with Crippen LogP contribution in [0.1, 0.15) is 10.4 Å². The molecule has 0 atom stereocenters. The number of thiophene rings is 1. The van der Waals surface area contributed by atoms with Crippen LogP contribution in [0.25, 0.3) is 10.1 Å². The summed E-state index contributed by atoms with van der Waals surface area (Å²) in [6.07, 6.45) is 1.64. The maximum atomic E-state index is 8.87. The molecule has 4 rings (SSSR count). The molecule has 126 valence electrons. The first-order chi connectivity index (χ1) is 12.2. The summed E-state index contributed by atoms with van der Waals surface area (Å²) in [6.45, 7) is 4.72. The van der Waals surface area contributed by atoms with E-state index in [1.807, 2.05) is 18.2 Å². The van der Waals surface area contributed by atoms with Crippen LogP contribution in [0.15, 0.2) is 42.6 Å². The predicted molar refractivity (Wildman–Crippen MR) is 103 cm³/mol. The Morgan fingerprint density at radius 3 is 2.60 bits per heavy atom. The van der Waals surface area contributed by atoms with Crippen molar-refractivity contribution < 1.29 is 0 Å². The molecule has 6 heteroatoms. The molecule has 0 N–H and O–H groups in total. The van der Waals surface area contributed by atoms with Gasteiger partial charge in [-0.2, -0.15) is 5.26 Å². The van der Waals surface area contributed by atoms with Crippen molar-refractivity contribution in [3.8, 4) is 6.07 Å². The molecular formula is C19H17ClN4S. The fourth-order valence-corrected chi connectivity index (χ4v) is 4.68. The highest BCUT2D eigenvalue weighted by Crippen LogP contribution is 2.36. The second kappa shape index (κ2) is 7.01. The van der Waals surface area contributed by atoms with E-state index in [0.29, 0.717) is 5.56 Å². The molecule has 25 heavy (non-hydrogen) atoms. The molecule has 3 aromatic rings. The third-order valence-electron chi connectivity index (χ3n) is 4.54. The molecular weight excluding hydrogens is 352 g/mol. The third kappa shape index (κ3) is 3.34. The summed E-state index contributed by atoms with van der Waals surface area (Å²) in [5, 5.41) is 10.9. The molecule has 4 nitrogen and oxygen atoms in total. The van der Waals surface area contributed by atoms with Crippen molar-refractivity contribution in [1.82, 2.24) is 9.88 Å². The average Bonchev–Trinajstić information content (AvgIpc) is 2.98. The van der Waals surface area contributed by atoms with Crippen LogP contribution in [0.3, 0.4) is 0 Å². The van der Waals surface area contributed by atoms with Crippen molar-refractivity contribution >= 4 is 38.8 Å². The largest absolute Gasteiger partial charge is 0.354 e. The van der Waals surface area contributed by atoms with Crippen LogP contribution in [0.4, 0.5) is 5.82 Å². The van der Waals surface area contributed by atoms with Crippen LogP contribution in [-0.4, -0.2) is 36.1 Å². The zero-order valence-corrected chi connectivity index (χ0v) is 15.2. The van der Waals surface area contributed by atoms with Crippen molar-refractivity contribution in [1.29, 1.82) is 5.26 Å². The monoisotopic (exact) mass is 368 g/mol. The Morgan fingerprint density at radius 2 is 1.92 bits per heavy atom. The molecule has 0 spiro atoms. The first kappa shape index (κ1) is 16.3. The van der Waals surface area contributed by atoms with E-state index in [2.05, 4.69) is 39.1 Å². The molecule has 0 radical (unpaired) electrons. The molecule has 0 unspecified atom stereocenters. The number of halogens is 1. The standard InChI is InChI=1S/C19H17ClN4S/c20-19-15-3-1-2-4-16(15)25-17(19)13-23-7-9-24(10-8-23)18-6-5-14(11-21)12-22-18/h1-6,12H,7-10,13H2. The van der Waals surface area contributed by atoms with E-state index in [1.165, 1.54) is 9.58 Å². The molecule has 1 saturated heterocycles. The number of pyridine rings is 1. The lowest BCUT2D eigenvalue weighted by atomic mass is 10.2. The summed E-state index contributed by atoms with van der Waals surface area (Å²) < 4.78 is 1.25. The van der Waals surface area contributed by atoms with Crippen molar-refractivity contribution in [2.45, 2.75) is 6.54 Å². The lowest BCUT2D eigenvalue weighted by molar-refractivity contribution is 0.251. The second-order valence-electron chi connectivity index (χ2n) is 6.12. The minimum atomic E-state index is 0.599. The van der Waals surface area contributed by atoms with Gasteiger partial charge in [-0.05, 0) is 18.2 Å². The Morgan fingerprint density at radius 1 is 1.12 bits per heavy atom. The molecule has 1 aromatic carbocycles. The highest BCUT2D eigenvalue weighted by molar-refractivity contribution is 7.19. The molecule has 1 fully saturated rings. The van der Waals surface area contributed by atoms with Gasteiger partial charge in [-0.25, -0.2) is 4.98 Å². The molecule has 1 aliphatic rings. The maximum absolute atomic E-state index is 8.87. The summed E-state index contributed by atoms with van der Waals surface area (Å²) in [5.74, 6) is 0.943. The van der Waals surface area contributed by atoms with Gasteiger partial charge in [0, 0.05) is 53.9 Å². The van der Waals surface area contributed by atoms with Gasteiger partial charge in [0.15, 0.2) is 0 Å². The lowest BCUT2D eigenvalue weighted by Gasteiger charge is -2.35. The first-order valence-electron chi connectivity index (χ1n) is 8.24. The van der Waals surface area contributed by atoms with Crippen molar-refractivity contribution in [3.63, 3.8) is 0 Å². The number of aromatic nitrogens is 1. The Labute approximate surface area is 155 Å². The molecule has 1 aliphatic heterocycles. The van der Waals surface area contributed by atoms with Crippen LogP contribution in [0, 0.1) is 11.3 Å². The minimum Gasteiger partial charge on any atom is -0.354 e. The molecule has 0 amide bonds. The number of fused-ring (bicyclic) bond motifs is 1. The van der Waals surface area contributed by atoms with E-state index in [9.17, 15) is 0 Å². The van der Waals surface area contributed by atoms with Crippen LogP contribution in [0.2, 0.25) is 5.02 Å². The summed E-state index contributed by atoms with van der Waals surface area (Å²) in [7, 11) is 0. The Hall–Kier alpha value is -2.13. The highest BCUT2D eigenvalue weighted by atomic mass is 35.5. The van der Waals surface area contributed by atoms with E-state index < -0.39 is 0 Å². The van der Waals surface area contributed by atoms with Gasteiger partial charge in [0.25, 0.3) is 0 Å². The summed E-state index contributed by atoms with van der Waals surface area (Å²) in [6, 6.07) is 14.2. The minimum absolute atomic E-state index is 0.599. The molecule has 0 bridgehead atoms. The van der Waals surface area contributed by atoms with Crippen LogP contribution in [0.5, 0.6) is 0 Å². The van der Waals surface area contributed by atoms with Gasteiger partial charge < -0.3 is 4.90 Å².